The molecule has 0 saturated carbocycles. The fraction of sp³-hybridized carbons (Fsp3) is 0.417. The Bertz CT molecular complexity index is 403. The van der Waals surface area contributed by atoms with Gasteiger partial charge in [-0.05, 0) is 23.8 Å². The van der Waals surface area contributed by atoms with E-state index in [1.54, 1.807) is 0 Å². The summed E-state index contributed by atoms with van der Waals surface area (Å²) < 4.78 is 0. The summed E-state index contributed by atoms with van der Waals surface area (Å²) in [4.78, 5) is 13.3. The number of amides is 1. The van der Waals surface area contributed by atoms with E-state index in [1.165, 1.54) is 23.1 Å². The van der Waals surface area contributed by atoms with Gasteiger partial charge < -0.3 is 26.0 Å². The highest BCUT2D eigenvalue weighted by Gasteiger charge is 2.14. The summed E-state index contributed by atoms with van der Waals surface area (Å²) in [6, 6.07) is 4.41. The van der Waals surface area contributed by atoms with Crippen molar-refractivity contribution in [2.24, 2.45) is 0 Å². The second-order valence-corrected chi connectivity index (χ2v) is 3.89. The number of carbonyl (C=O) groups excluding carboxylic acids is 1. The number of nitrogens with zero attached hydrogens (tertiary/aromatic N) is 1. The lowest BCUT2D eigenvalue weighted by Crippen LogP contribution is -2.37. The zero-order chi connectivity index (χ0) is 13.5. The molecule has 0 aliphatic rings. The molecular formula is C12H18N2O4. The fourth-order valence-corrected chi connectivity index (χ4v) is 1.62. The van der Waals surface area contributed by atoms with E-state index < -0.39 is 0 Å². The van der Waals surface area contributed by atoms with Crippen molar-refractivity contribution in [1.29, 1.82) is 0 Å². The molecule has 0 bridgehead atoms. The molecule has 1 amide bonds. The molecule has 0 aromatic heterocycles. The Morgan fingerprint density at radius 1 is 1.22 bits per heavy atom. The number of nitrogens with two attached hydrogens (primary N) is 1. The number of aliphatic hydroxyl groups is 2. The highest BCUT2D eigenvalue weighted by molar-refractivity contribution is 5.80. The highest BCUT2D eigenvalue weighted by atomic mass is 16.3. The number of hydrogen-bond donors (Lipinski definition) is 4. The van der Waals surface area contributed by atoms with Crippen molar-refractivity contribution in [2.75, 3.05) is 32.0 Å². The maximum absolute atomic E-state index is 11.9. The van der Waals surface area contributed by atoms with Crippen molar-refractivity contribution in [3.05, 3.63) is 23.8 Å². The molecule has 0 aliphatic carbocycles. The summed E-state index contributed by atoms with van der Waals surface area (Å²) >= 11 is 0. The second kappa shape index (κ2) is 6.83. The molecule has 5 N–H and O–H groups in total. The number of carbonyl (C=O) groups is 1. The van der Waals surface area contributed by atoms with Crippen LogP contribution in [0.5, 0.6) is 5.75 Å². The SMILES string of the molecule is Nc1ccc(O)cc1CC(=O)N(CCO)CCO. The van der Waals surface area contributed by atoms with Gasteiger partial charge in [-0.1, -0.05) is 0 Å². The summed E-state index contributed by atoms with van der Waals surface area (Å²) in [5, 5.41) is 27.0. The van der Waals surface area contributed by atoms with E-state index in [-0.39, 0.29) is 44.4 Å². The summed E-state index contributed by atoms with van der Waals surface area (Å²) in [6.45, 7) is -0.00124. The van der Waals surface area contributed by atoms with Gasteiger partial charge in [-0.15, -0.1) is 0 Å². The van der Waals surface area contributed by atoms with Gasteiger partial charge >= 0.3 is 0 Å². The van der Waals surface area contributed by atoms with Crippen molar-refractivity contribution < 1.29 is 20.1 Å². The maximum atomic E-state index is 11.9. The third-order valence-electron chi connectivity index (χ3n) is 2.56. The number of anilines is 1. The first-order valence-electron chi connectivity index (χ1n) is 5.65. The fourth-order valence-electron chi connectivity index (χ4n) is 1.62. The average Bonchev–Trinajstić information content (AvgIpc) is 2.33. The molecule has 0 aliphatic heterocycles. The summed E-state index contributed by atoms with van der Waals surface area (Å²) in [7, 11) is 0. The minimum Gasteiger partial charge on any atom is -0.508 e. The van der Waals surface area contributed by atoms with Crippen LogP contribution in [0.25, 0.3) is 0 Å². The molecule has 1 aromatic rings. The quantitative estimate of drug-likeness (QED) is 0.398. The normalized spacial score (nSPS) is 10.3. The lowest BCUT2D eigenvalue weighted by molar-refractivity contribution is -0.131. The average molecular weight is 254 g/mol. The highest BCUT2D eigenvalue weighted by Crippen LogP contribution is 2.19. The predicted octanol–water partition coefficient (Wildman–Crippen LogP) is -0.670. The Hall–Kier alpha value is -1.79. The van der Waals surface area contributed by atoms with Crippen LogP contribution in [0.15, 0.2) is 18.2 Å². The van der Waals surface area contributed by atoms with E-state index in [0.717, 1.165) is 0 Å². The molecule has 0 unspecified atom stereocenters. The molecule has 0 atom stereocenters. The molecule has 100 valence electrons. The van der Waals surface area contributed by atoms with Crippen LogP contribution in [-0.2, 0) is 11.2 Å². The Morgan fingerprint density at radius 2 is 1.83 bits per heavy atom. The standard InChI is InChI=1S/C12H18N2O4/c13-11-2-1-10(17)7-9(11)8-12(18)14(3-5-15)4-6-16/h1-2,7,15-17H,3-6,8,13H2. The van der Waals surface area contributed by atoms with Gasteiger partial charge in [0.1, 0.15) is 5.75 Å². The maximum Gasteiger partial charge on any atom is 0.227 e. The Morgan fingerprint density at radius 3 is 2.39 bits per heavy atom. The number of phenols is 1. The largest absolute Gasteiger partial charge is 0.508 e. The molecule has 0 saturated heterocycles. The van der Waals surface area contributed by atoms with Gasteiger partial charge in [0, 0.05) is 18.8 Å². The van der Waals surface area contributed by atoms with E-state index in [1.807, 2.05) is 0 Å². The van der Waals surface area contributed by atoms with E-state index in [0.29, 0.717) is 11.3 Å². The first kappa shape index (κ1) is 14.3. The lowest BCUT2D eigenvalue weighted by Gasteiger charge is -2.21. The van der Waals surface area contributed by atoms with Crippen molar-refractivity contribution in [2.45, 2.75) is 6.42 Å². The number of aromatic hydroxyl groups is 1. The van der Waals surface area contributed by atoms with Crippen LogP contribution in [0.4, 0.5) is 5.69 Å². The van der Waals surface area contributed by atoms with E-state index in [4.69, 9.17) is 15.9 Å². The molecule has 1 rings (SSSR count). The van der Waals surface area contributed by atoms with E-state index >= 15 is 0 Å². The molecule has 1 aromatic carbocycles. The number of phenolic OH excluding ortho intramolecular Hbond substituents is 1. The first-order valence-corrected chi connectivity index (χ1v) is 5.65. The van der Waals surface area contributed by atoms with Gasteiger partial charge in [0.05, 0.1) is 19.6 Å². The van der Waals surface area contributed by atoms with Crippen LogP contribution in [-0.4, -0.2) is 52.4 Å². The van der Waals surface area contributed by atoms with Gasteiger partial charge in [-0.25, -0.2) is 0 Å². The molecular weight excluding hydrogens is 236 g/mol. The Balaban J connectivity index is 2.75. The van der Waals surface area contributed by atoms with Crippen molar-refractivity contribution in [1.82, 2.24) is 4.90 Å². The summed E-state index contributed by atoms with van der Waals surface area (Å²) in [5.74, 6) is -0.210. The van der Waals surface area contributed by atoms with Gasteiger partial charge in [-0.3, -0.25) is 4.79 Å². The van der Waals surface area contributed by atoms with Crippen LogP contribution in [0.3, 0.4) is 0 Å². The summed E-state index contributed by atoms with van der Waals surface area (Å²) in [6.07, 6.45) is 0.0280. The van der Waals surface area contributed by atoms with Crippen LogP contribution in [0.1, 0.15) is 5.56 Å². The van der Waals surface area contributed by atoms with Crippen LogP contribution in [0, 0.1) is 0 Å². The monoisotopic (exact) mass is 254 g/mol. The number of rotatable bonds is 6. The Labute approximate surface area is 105 Å². The third kappa shape index (κ3) is 3.90. The first-order chi connectivity index (χ1) is 8.58. The van der Waals surface area contributed by atoms with Crippen LogP contribution >= 0.6 is 0 Å². The molecule has 6 heteroatoms. The van der Waals surface area contributed by atoms with Crippen molar-refractivity contribution >= 4 is 11.6 Å². The number of benzene rings is 1. The number of hydrogen-bond acceptors (Lipinski definition) is 5. The molecule has 0 spiro atoms. The minimum atomic E-state index is -0.254. The summed E-state index contributed by atoms with van der Waals surface area (Å²) in [5.41, 5.74) is 6.66. The van der Waals surface area contributed by atoms with Crippen LogP contribution in [0.2, 0.25) is 0 Å². The number of aliphatic hydroxyl groups excluding tert-OH is 2. The molecule has 18 heavy (non-hydrogen) atoms. The van der Waals surface area contributed by atoms with Gasteiger partial charge in [0.2, 0.25) is 5.91 Å². The molecule has 0 heterocycles. The Kier molecular flexibility index (Phi) is 5.41. The zero-order valence-electron chi connectivity index (χ0n) is 10.0. The molecule has 0 fully saturated rings. The molecule has 6 nitrogen and oxygen atoms in total. The third-order valence-corrected chi connectivity index (χ3v) is 2.56. The predicted molar refractivity (Wildman–Crippen MR) is 67.0 cm³/mol. The second-order valence-electron chi connectivity index (χ2n) is 3.89. The van der Waals surface area contributed by atoms with Gasteiger partial charge in [0.25, 0.3) is 0 Å². The van der Waals surface area contributed by atoms with E-state index in [2.05, 4.69) is 0 Å². The topological polar surface area (TPSA) is 107 Å². The van der Waals surface area contributed by atoms with E-state index in [9.17, 15) is 9.90 Å². The van der Waals surface area contributed by atoms with Gasteiger partial charge in [0.15, 0.2) is 0 Å². The van der Waals surface area contributed by atoms with Crippen LogP contribution < -0.4 is 5.73 Å². The minimum absolute atomic E-state index is 0.0280. The number of nitrogen functional groups attached to an aromatic ring is 1. The van der Waals surface area contributed by atoms with Crippen molar-refractivity contribution in [3.63, 3.8) is 0 Å². The smallest absolute Gasteiger partial charge is 0.227 e. The van der Waals surface area contributed by atoms with Gasteiger partial charge in [-0.2, -0.15) is 0 Å². The molecule has 0 radical (unpaired) electrons. The lowest BCUT2D eigenvalue weighted by atomic mass is 10.1. The zero-order valence-corrected chi connectivity index (χ0v) is 10.0. The van der Waals surface area contributed by atoms with Crippen molar-refractivity contribution in [3.8, 4) is 5.75 Å².